The van der Waals surface area contributed by atoms with Crippen LogP contribution in [0.15, 0.2) is 24.3 Å². The van der Waals surface area contributed by atoms with Crippen molar-refractivity contribution in [1.29, 1.82) is 0 Å². The number of rotatable bonds is 8. The van der Waals surface area contributed by atoms with Crippen LogP contribution in [0.4, 0.5) is 0 Å². The third kappa shape index (κ3) is 5.09. The van der Waals surface area contributed by atoms with Crippen molar-refractivity contribution in [2.24, 2.45) is 5.92 Å². The van der Waals surface area contributed by atoms with Gasteiger partial charge < -0.3 is 5.11 Å². The minimum Gasteiger partial charge on any atom is -0.481 e. The van der Waals surface area contributed by atoms with Gasteiger partial charge in [0.15, 0.2) is 0 Å². The maximum absolute atomic E-state index is 11.2. The second-order valence-corrected chi connectivity index (χ2v) is 5.09. The zero-order chi connectivity index (χ0) is 13.4. The van der Waals surface area contributed by atoms with Crippen molar-refractivity contribution in [1.82, 2.24) is 0 Å². The molecule has 0 heterocycles. The Bertz CT molecular complexity index is 377. The van der Waals surface area contributed by atoms with Crippen molar-refractivity contribution >= 4 is 17.6 Å². The predicted octanol–water partition coefficient (Wildman–Crippen LogP) is 4.55. The lowest BCUT2D eigenvalue weighted by atomic mass is 9.93. The molecule has 0 aliphatic carbocycles. The van der Waals surface area contributed by atoms with Gasteiger partial charge in [0, 0.05) is 5.02 Å². The third-order valence-corrected chi connectivity index (χ3v) is 3.55. The average Bonchev–Trinajstić information content (AvgIpc) is 2.35. The van der Waals surface area contributed by atoms with Crippen molar-refractivity contribution in [2.75, 3.05) is 0 Å². The Morgan fingerprint density at radius 3 is 2.61 bits per heavy atom. The van der Waals surface area contributed by atoms with Gasteiger partial charge in [-0.3, -0.25) is 4.79 Å². The van der Waals surface area contributed by atoms with E-state index in [-0.39, 0.29) is 5.92 Å². The van der Waals surface area contributed by atoms with Gasteiger partial charge in [-0.2, -0.15) is 0 Å². The molecular formula is C15H21ClO2. The highest BCUT2D eigenvalue weighted by Gasteiger charge is 2.18. The first kappa shape index (κ1) is 15.0. The minimum atomic E-state index is -0.716. The second kappa shape index (κ2) is 8.15. The summed E-state index contributed by atoms with van der Waals surface area (Å²) in [6, 6.07) is 7.48. The molecule has 18 heavy (non-hydrogen) atoms. The SMILES string of the molecule is CCCCCCC(Cc1ccccc1Cl)C(=O)O. The molecule has 1 atom stereocenters. The van der Waals surface area contributed by atoms with Crippen LogP contribution in [0, 0.1) is 5.92 Å². The topological polar surface area (TPSA) is 37.3 Å². The molecule has 3 heteroatoms. The van der Waals surface area contributed by atoms with E-state index in [4.69, 9.17) is 11.6 Å². The number of carboxylic acid groups (broad SMARTS) is 1. The van der Waals surface area contributed by atoms with Gasteiger partial charge in [-0.05, 0) is 24.5 Å². The molecule has 1 rings (SSSR count). The van der Waals surface area contributed by atoms with E-state index >= 15 is 0 Å². The molecule has 1 unspecified atom stereocenters. The highest BCUT2D eigenvalue weighted by Crippen LogP contribution is 2.22. The summed E-state index contributed by atoms with van der Waals surface area (Å²) in [5, 5.41) is 9.90. The number of carboxylic acids is 1. The maximum Gasteiger partial charge on any atom is 0.306 e. The van der Waals surface area contributed by atoms with Crippen molar-refractivity contribution in [3.05, 3.63) is 34.9 Å². The number of hydrogen-bond donors (Lipinski definition) is 1. The first-order valence-electron chi connectivity index (χ1n) is 6.61. The van der Waals surface area contributed by atoms with E-state index < -0.39 is 5.97 Å². The van der Waals surface area contributed by atoms with Crippen LogP contribution in [-0.2, 0) is 11.2 Å². The van der Waals surface area contributed by atoms with Crippen molar-refractivity contribution in [2.45, 2.75) is 45.4 Å². The van der Waals surface area contributed by atoms with E-state index in [2.05, 4.69) is 6.92 Å². The smallest absolute Gasteiger partial charge is 0.306 e. The number of hydrogen-bond acceptors (Lipinski definition) is 1. The molecule has 0 spiro atoms. The predicted molar refractivity (Wildman–Crippen MR) is 75.0 cm³/mol. The Labute approximate surface area is 114 Å². The standard InChI is InChI=1S/C15H21ClO2/c1-2-3-4-5-9-13(15(17)18)11-12-8-6-7-10-14(12)16/h6-8,10,13H,2-5,9,11H2,1H3,(H,17,18). The van der Waals surface area contributed by atoms with E-state index in [1.807, 2.05) is 24.3 Å². The summed E-state index contributed by atoms with van der Waals surface area (Å²) < 4.78 is 0. The Morgan fingerprint density at radius 2 is 2.00 bits per heavy atom. The molecule has 0 aliphatic rings. The van der Waals surface area contributed by atoms with Crippen LogP contribution in [0.5, 0.6) is 0 Å². The number of unbranched alkanes of at least 4 members (excludes halogenated alkanes) is 3. The largest absolute Gasteiger partial charge is 0.481 e. The van der Waals surface area contributed by atoms with Crippen LogP contribution < -0.4 is 0 Å². The molecule has 1 aromatic carbocycles. The summed E-state index contributed by atoms with van der Waals surface area (Å²) in [6.07, 6.45) is 5.71. The van der Waals surface area contributed by atoms with E-state index in [1.165, 1.54) is 12.8 Å². The summed E-state index contributed by atoms with van der Waals surface area (Å²) in [4.78, 5) is 11.2. The number of benzene rings is 1. The number of carbonyl (C=O) groups is 1. The van der Waals surface area contributed by atoms with Crippen LogP contribution in [0.3, 0.4) is 0 Å². The van der Waals surface area contributed by atoms with Gasteiger partial charge in [0.25, 0.3) is 0 Å². The lowest BCUT2D eigenvalue weighted by molar-refractivity contribution is -0.142. The molecule has 1 N–H and O–H groups in total. The molecule has 0 aromatic heterocycles. The zero-order valence-electron chi connectivity index (χ0n) is 10.9. The minimum absolute atomic E-state index is 0.318. The summed E-state index contributed by atoms with van der Waals surface area (Å²) >= 11 is 6.06. The average molecular weight is 269 g/mol. The fraction of sp³-hybridized carbons (Fsp3) is 0.533. The Morgan fingerprint density at radius 1 is 1.28 bits per heavy atom. The molecule has 0 bridgehead atoms. The number of halogens is 1. The maximum atomic E-state index is 11.2. The summed E-state index contributed by atoms with van der Waals surface area (Å²) in [5.41, 5.74) is 0.932. The quantitative estimate of drug-likeness (QED) is 0.702. The van der Waals surface area contributed by atoms with Gasteiger partial charge >= 0.3 is 5.97 Å². The highest BCUT2D eigenvalue weighted by molar-refractivity contribution is 6.31. The highest BCUT2D eigenvalue weighted by atomic mass is 35.5. The lowest BCUT2D eigenvalue weighted by Crippen LogP contribution is -2.16. The lowest BCUT2D eigenvalue weighted by Gasteiger charge is -2.13. The Kier molecular flexibility index (Phi) is 6.81. The first-order chi connectivity index (χ1) is 8.65. The molecule has 0 aliphatic heterocycles. The van der Waals surface area contributed by atoms with Crippen LogP contribution >= 0.6 is 11.6 Å². The monoisotopic (exact) mass is 268 g/mol. The van der Waals surface area contributed by atoms with Gasteiger partial charge in [0.2, 0.25) is 0 Å². The summed E-state index contributed by atoms with van der Waals surface area (Å²) in [5.74, 6) is -1.03. The first-order valence-corrected chi connectivity index (χ1v) is 6.99. The molecule has 0 amide bonds. The van der Waals surface area contributed by atoms with Gasteiger partial charge in [0.05, 0.1) is 5.92 Å². The molecular weight excluding hydrogens is 248 g/mol. The summed E-state index contributed by atoms with van der Waals surface area (Å²) in [7, 11) is 0. The van der Waals surface area contributed by atoms with Crippen molar-refractivity contribution in [3.8, 4) is 0 Å². The van der Waals surface area contributed by atoms with Gasteiger partial charge in [0.1, 0.15) is 0 Å². The molecule has 0 fully saturated rings. The van der Waals surface area contributed by atoms with Crippen molar-refractivity contribution < 1.29 is 9.90 Å². The van der Waals surface area contributed by atoms with E-state index in [1.54, 1.807) is 0 Å². The van der Waals surface area contributed by atoms with Crippen LogP contribution in [0.1, 0.15) is 44.6 Å². The molecule has 100 valence electrons. The molecule has 1 aromatic rings. The van der Waals surface area contributed by atoms with E-state index in [9.17, 15) is 9.90 Å². The zero-order valence-corrected chi connectivity index (χ0v) is 11.6. The summed E-state index contributed by atoms with van der Waals surface area (Å²) in [6.45, 7) is 2.15. The molecule has 0 radical (unpaired) electrons. The van der Waals surface area contributed by atoms with Crippen LogP contribution in [-0.4, -0.2) is 11.1 Å². The van der Waals surface area contributed by atoms with E-state index in [0.29, 0.717) is 11.4 Å². The Balaban J connectivity index is 2.53. The Hall–Kier alpha value is -1.02. The van der Waals surface area contributed by atoms with Gasteiger partial charge in [-0.15, -0.1) is 0 Å². The second-order valence-electron chi connectivity index (χ2n) is 4.68. The number of aliphatic carboxylic acids is 1. The molecule has 0 saturated carbocycles. The van der Waals surface area contributed by atoms with Crippen LogP contribution in [0.25, 0.3) is 0 Å². The normalized spacial score (nSPS) is 12.3. The van der Waals surface area contributed by atoms with Gasteiger partial charge in [-0.1, -0.05) is 62.4 Å². The van der Waals surface area contributed by atoms with Crippen molar-refractivity contribution in [3.63, 3.8) is 0 Å². The third-order valence-electron chi connectivity index (χ3n) is 3.18. The van der Waals surface area contributed by atoms with Crippen LogP contribution in [0.2, 0.25) is 5.02 Å². The van der Waals surface area contributed by atoms with E-state index in [0.717, 1.165) is 24.8 Å². The van der Waals surface area contributed by atoms with Gasteiger partial charge in [-0.25, -0.2) is 0 Å². The molecule has 2 nitrogen and oxygen atoms in total. The fourth-order valence-corrected chi connectivity index (χ4v) is 2.27. The molecule has 0 saturated heterocycles. The fourth-order valence-electron chi connectivity index (χ4n) is 2.06.